The van der Waals surface area contributed by atoms with Crippen LogP contribution in [0.4, 0.5) is 17.1 Å². The first-order valence-electron chi connectivity index (χ1n) is 13.0. The molecule has 4 N–H and O–H groups in total. The van der Waals surface area contributed by atoms with Crippen LogP contribution in [0.1, 0.15) is 29.8 Å². The van der Waals surface area contributed by atoms with E-state index in [-0.39, 0.29) is 17.5 Å². The normalized spacial score (nSPS) is 11.6. The van der Waals surface area contributed by atoms with Crippen molar-refractivity contribution in [2.24, 2.45) is 0 Å². The van der Waals surface area contributed by atoms with Crippen LogP contribution in [0.15, 0.2) is 114 Å². The zero-order valence-electron chi connectivity index (χ0n) is 23.0. The van der Waals surface area contributed by atoms with E-state index in [1.54, 1.807) is 116 Å². The number of benzene rings is 3. The maximum atomic E-state index is 13.2. The molecule has 1 atom stereocenters. The molecule has 3 aromatic carbocycles. The fourth-order valence-electron chi connectivity index (χ4n) is 3.73. The number of nitrogens with one attached hydrogen (secondary N) is 4. The molecule has 0 spiro atoms. The molecule has 4 aromatic rings. The highest BCUT2D eigenvalue weighted by Gasteiger charge is 2.17. The van der Waals surface area contributed by atoms with Crippen LogP contribution >= 0.6 is 11.8 Å². The monoisotopic (exact) mass is 579 g/mol. The number of amides is 4. The van der Waals surface area contributed by atoms with Crippen molar-refractivity contribution in [3.63, 3.8) is 0 Å². The van der Waals surface area contributed by atoms with Crippen LogP contribution in [-0.4, -0.2) is 33.9 Å². The number of carbonyl (C=O) groups is 4. The molecule has 0 radical (unpaired) electrons. The second-order valence-corrected chi connectivity index (χ2v) is 10.6. The third-order valence-electron chi connectivity index (χ3n) is 5.79. The highest BCUT2D eigenvalue weighted by Crippen LogP contribution is 2.26. The first-order chi connectivity index (χ1) is 20.3. The molecule has 0 bridgehead atoms. The minimum atomic E-state index is -0.499. The van der Waals surface area contributed by atoms with E-state index in [1.807, 2.05) is 0 Å². The van der Waals surface area contributed by atoms with E-state index in [1.165, 1.54) is 18.7 Å². The predicted molar refractivity (Wildman–Crippen MR) is 166 cm³/mol. The van der Waals surface area contributed by atoms with Gasteiger partial charge in [0.25, 0.3) is 11.8 Å². The summed E-state index contributed by atoms with van der Waals surface area (Å²) in [6.45, 7) is 3.23. The quantitative estimate of drug-likeness (QED) is 0.144. The first-order valence-corrected chi connectivity index (χ1v) is 13.9. The summed E-state index contributed by atoms with van der Waals surface area (Å²) >= 11 is 1.37. The summed E-state index contributed by atoms with van der Waals surface area (Å²) in [7, 11) is 0. The molecule has 0 aliphatic rings. The zero-order chi connectivity index (χ0) is 29.9. The highest BCUT2D eigenvalue weighted by molar-refractivity contribution is 8.00. The summed E-state index contributed by atoms with van der Waals surface area (Å²) in [4.78, 5) is 54.7. The van der Waals surface area contributed by atoms with Crippen molar-refractivity contribution in [3.05, 3.63) is 120 Å². The van der Waals surface area contributed by atoms with Gasteiger partial charge in [-0.2, -0.15) is 0 Å². The smallest absolute Gasteiger partial charge is 0.272 e. The molecule has 0 aliphatic heterocycles. The van der Waals surface area contributed by atoms with Gasteiger partial charge in [0, 0.05) is 46.8 Å². The summed E-state index contributed by atoms with van der Waals surface area (Å²) in [5.41, 5.74) is 2.92. The molecule has 0 saturated heterocycles. The zero-order valence-corrected chi connectivity index (χ0v) is 23.8. The van der Waals surface area contributed by atoms with E-state index in [0.717, 1.165) is 4.90 Å². The Labute approximate surface area is 247 Å². The summed E-state index contributed by atoms with van der Waals surface area (Å²) in [5.74, 6) is -1.26. The maximum Gasteiger partial charge on any atom is 0.272 e. The van der Waals surface area contributed by atoms with Gasteiger partial charge in [0.05, 0.1) is 5.25 Å². The van der Waals surface area contributed by atoms with Crippen molar-refractivity contribution >= 4 is 58.5 Å². The fourth-order valence-corrected chi connectivity index (χ4v) is 4.59. The van der Waals surface area contributed by atoms with Crippen LogP contribution in [0.25, 0.3) is 6.08 Å². The Morgan fingerprint density at radius 3 is 2.00 bits per heavy atom. The van der Waals surface area contributed by atoms with Crippen molar-refractivity contribution in [2.75, 3.05) is 16.0 Å². The SMILES string of the molecule is CC(=O)Nc1ccc(NC(=O)C(C)Sc2ccc(NC(=O)/C(=C/c3cccnc3)NC(=O)c3ccccc3)cc2)cc1. The average Bonchev–Trinajstić information content (AvgIpc) is 2.99. The lowest BCUT2D eigenvalue weighted by Crippen LogP contribution is -2.30. The van der Waals surface area contributed by atoms with E-state index in [0.29, 0.717) is 28.2 Å². The molecule has 1 aromatic heterocycles. The summed E-state index contributed by atoms with van der Waals surface area (Å²) in [5, 5.41) is 10.7. The number of hydrogen-bond donors (Lipinski definition) is 4. The number of aromatic nitrogens is 1. The molecule has 42 heavy (non-hydrogen) atoms. The number of thioether (sulfide) groups is 1. The lowest BCUT2D eigenvalue weighted by molar-refractivity contribution is -0.115. The molecule has 9 nitrogen and oxygen atoms in total. The minimum absolute atomic E-state index is 0.0608. The standard InChI is InChI=1S/C32H29N5O4S/c1-21(30(39)35-26-12-10-25(11-13-26)34-22(2)38)42-28-16-14-27(15-17-28)36-32(41)29(19-23-7-6-18-33-20-23)37-31(40)24-8-4-3-5-9-24/h3-21H,1-2H3,(H,34,38)(H,35,39)(H,36,41)(H,37,40)/b29-19-. The van der Waals surface area contributed by atoms with E-state index >= 15 is 0 Å². The molecule has 1 unspecified atom stereocenters. The van der Waals surface area contributed by atoms with Gasteiger partial charge in [-0.05, 0) is 85.3 Å². The van der Waals surface area contributed by atoms with Crippen LogP contribution < -0.4 is 21.3 Å². The topological polar surface area (TPSA) is 129 Å². The van der Waals surface area contributed by atoms with Crippen molar-refractivity contribution in [2.45, 2.75) is 24.0 Å². The van der Waals surface area contributed by atoms with Crippen LogP contribution in [0, 0.1) is 0 Å². The Morgan fingerprint density at radius 1 is 0.762 bits per heavy atom. The molecule has 212 valence electrons. The molecule has 4 amide bonds. The van der Waals surface area contributed by atoms with E-state index < -0.39 is 17.1 Å². The fraction of sp³-hybridized carbons (Fsp3) is 0.0938. The van der Waals surface area contributed by atoms with Crippen LogP contribution in [0.3, 0.4) is 0 Å². The van der Waals surface area contributed by atoms with Gasteiger partial charge in [-0.3, -0.25) is 24.2 Å². The van der Waals surface area contributed by atoms with Gasteiger partial charge in [-0.25, -0.2) is 0 Å². The number of nitrogens with zero attached hydrogens (tertiary/aromatic N) is 1. The summed E-state index contributed by atoms with van der Waals surface area (Å²) < 4.78 is 0. The van der Waals surface area contributed by atoms with E-state index in [2.05, 4.69) is 26.3 Å². The number of hydrogen-bond acceptors (Lipinski definition) is 6. The van der Waals surface area contributed by atoms with Crippen LogP contribution in [-0.2, 0) is 14.4 Å². The van der Waals surface area contributed by atoms with Crippen molar-refractivity contribution in [1.29, 1.82) is 0 Å². The molecular weight excluding hydrogens is 550 g/mol. The Balaban J connectivity index is 1.37. The van der Waals surface area contributed by atoms with Gasteiger partial charge >= 0.3 is 0 Å². The largest absolute Gasteiger partial charge is 0.326 e. The minimum Gasteiger partial charge on any atom is -0.326 e. The van der Waals surface area contributed by atoms with Crippen LogP contribution in [0.2, 0.25) is 0 Å². The molecule has 1 heterocycles. The number of anilines is 3. The Bertz CT molecular complexity index is 1580. The van der Waals surface area contributed by atoms with Crippen molar-refractivity contribution in [3.8, 4) is 0 Å². The van der Waals surface area contributed by atoms with Gasteiger partial charge in [0.1, 0.15) is 5.70 Å². The number of carbonyl (C=O) groups excluding carboxylic acids is 4. The molecular formula is C32H29N5O4S. The summed E-state index contributed by atoms with van der Waals surface area (Å²) in [6, 6.07) is 26.1. The van der Waals surface area contributed by atoms with Gasteiger partial charge < -0.3 is 21.3 Å². The highest BCUT2D eigenvalue weighted by atomic mass is 32.2. The predicted octanol–water partition coefficient (Wildman–Crippen LogP) is 5.57. The van der Waals surface area contributed by atoms with Gasteiger partial charge in [0.2, 0.25) is 11.8 Å². The Hall–Kier alpha value is -5.22. The van der Waals surface area contributed by atoms with Crippen molar-refractivity contribution < 1.29 is 19.2 Å². The van der Waals surface area contributed by atoms with Crippen LogP contribution in [0.5, 0.6) is 0 Å². The number of rotatable bonds is 10. The molecule has 0 fully saturated rings. The lowest BCUT2D eigenvalue weighted by atomic mass is 10.2. The maximum absolute atomic E-state index is 13.2. The Morgan fingerprint density at radius 2 is 1.38 bits per heavy atom. The van der Waals surface area contributed by atoms with E-state index in [4.69, 9.17) is 0 Å². The van der Waals surface area contributed by atoms with Gasteiger partial charge in [0.15, 0.2) is 0 Å². The lowest BCUT2D eigenvalue weighted by Gasteiger charge is -2.14. The number of pyridine rings is 1. The molecule has 0 saturated carbocycles. The molecule has 4 rings (SSSR count). The Kier molecular flexibility index (Phi) is 10.2. The second-order valence-electron chi connectivity index (χ2n) is 9.15. The second kappa shape index (κ2) is 14.4. The van der Waals surface area contributed by atoms with Gasteiger partial charge in [-0.1, -0.05) is 24.3 Å². The molecule has 0 aliphatic carbocycles. The summed E-state index contributed by atoms with van der Waals surface area (Å²) in [6.07, 6.45) is 4.77. The first kappa shape index (κ1) is 29.8. The van der Waals surface area contributed by atoms with Gasteiger partial charge in [-0.15, -0.1) is 11.8 Å². The van der Waals surface area contributed by atoms with E-state index in [9.17, 15) is 19.2 Å². The molecule has 10 heteroatoms. The average molecular weight is 580 g/mol. The third-order valence-corrected chi connectivity index (χ3v) is 6.90. The third kappa shape index (κ3) is 8.90. The van der Waals surface area contributed by atoms with Crippen molar-refractivity contribution in [1.82, 2.24) is 10.3 Å².